The van der Waals surface area contributed by atoms with Crippen LogP contribution in [0.5, 0.6) is 5.75 Å². The van der Waals surface area contributed by atoms with Crippen molar-refractivity contribution in [1.29, 1.82) is 0 Å². The second-order valence-corrected chi connectivity index (χ2v) is 7.61. The Morgan fingerprint density at radius 3 is 2.05 bits per heavy atom. The van der Waals surface area contributed by atoms with E-state index < -0.39 is 38.6 Å². The van der Waals surface area contributed by atoms with E-state index in [2.05, 4.69) is 15.5 Å². The Bertz CT molecular complexity index is 1180. The quantitative estimate of drug-likeness (QED) is 0.144. The first kappa shape index (κ1) is 30.0. The van der Waals surface area contributed by atoms with E-state index in [-0.39, 0.29) is 11.4 Å². The van der Waals surface area contributed by atoms with Crippen LogP contribution in [0, 0.1) is 26.0 Å². The van der Waals surface area contributed by atoms with Gasteiger partial charge in [0.05, 0.1) is 47.6 Å². The Kier molecular flexibility index (Phi) is 11.4. The van der Waals surface area contributed by atoms with Gasteiger partial charge in [0.15, 0.2) is 5.69 Å². The summed E-state index contributed by atoms with van der Waals surface area (Å²) in [5, 5.41) is 32.8. The molecule has 0 heterocycles. The third-order valence-corrected chi connectivity index (χ3v) is 5.07. The van der Waals surface area contributed by atoms with Gasteiger partial charge in [0, 0.05) is 45.4 Å². The van der Waals surface area contributed by atoms with Gasteiger partial charge < -0.3 is 24.4 Å². The summed E-state index contributed by atoms with van der Waals surface area (Å²) in [5.74, 6) is -1.41. The number of nitrogens with one attached hydrogen (secondary N) is 1. The summed E-state index contributed by atoms with van der Waals surface area (Å²) < 4.78 is 30.7. The van der Waals surface area contributed by atoms with Crippen LogP contribution in [0.15, 0.2) is 34.5 Å². The first-order chi connectivity index (χ1) is 18.1. The van der Waals surface area contributed by atoms with Crippen LogP contribution in [0.1, 0.15) is 20.8 Å². The number of nitro groups is 2. The molecule has 0 atom stereocenters. The van der Waals surface area contributed by atoms with E-state index in [4.69, 9.17) is 14.2 Å². The summed E-state index contributed by atoms with van der Waals surface area (Å²) in [5.41, 5.74) is -1.61. The van der Waals surface area contributed by atoms with Gasteiger partial charge in [-0.1, -0.05) is 0 Å². The number of halogens is 1. The Morgan fingerprint density at radius 1 is 0.974 bits per heavy atom. The van der Waals surface area contributed by atoms with Crippen LogP contribution in [0.2, 0.25) is 0 Å². The Morgan fingerprint density at radius 2 is 1.55 bits per heavy atom. The number of nitro benzene ring substituents is 2. The molecule has 0 saturated carbocycles. The fourth-order valence-corrected chi connectivity index (χ4v) is 3.35. The predicted octanol–water partition coefficient (Wildman–Crippen LogP) is 4.90. The number of amides is 1. The maximum absolute atomic E-state index is 14.2. The van der Waals surface area contributed by atoms with Gasteiger partial charge in [0.1, 0.15) is 11.4 Å². The number of benzene rings is 2. The zero-order chi connectivity index (χ0) is 28.2. The number of carbonyl (C=O) groups excluding carboxylic acids is 1. The first-order valence-corrected chi connectivity index (χ1v) is 11.6. The van der Waals surface area contributed by atoms with Crippen molar-refractivity contribution in [2.75, 3.05) is 56.8 Å². The number of methoxy groups -OCH3 is 1. The minimum atomic E-state index is -1.32. The normalized spacial score (nSPS) is 11.0. The predicted molar refractivity (Wildman–Crippen MR) is 136 cm³/mol. The Labute approximate surface area is 217 Å². The third kappa shape index (κ3) is 8.14. The fraction of sp³-hybridized carbons (Fsp3) is 0.435. The summed E-state index contributed by atoms with van der Waals surface area (Å²) in [7, 11) is 1.43. The fourth-order valence-electron chi connectivity index (χ4n) is 3.35. The number of anilines is 2. The third-order valence-electron chi connectivity index (χ3n) is 5.07. The topological polar surface area (TPSA) is 171 Å². The molecule has 0 unspecified atom stereocenters. The van der Waals surface area contributed by atoms with Gasteiger partial charge in [0.2, 0.25) is 11.7 Å². The van der Waals surface area contributed by atoms with Crippen LogP contribution < -0.4 is 15.0 Å². The van der Waals surface area contributed by atoms with E-state index >= 15 is 0 Å². The molecule has 0 radical (unpaired) electrons. The van der Waals surface area contributed by atoms with Crippen molar-refractivity contribution in [3.63, 3.8) is 0 Å². The molecule has 0 aromatic heterocycles. The molecule has 1 amide bonds. The summed E-state index contributed by atoms with van der Waals surface area (Å²) >= 11 is 0. The van der Waals surface area contributed by atoms with Crippen molar-refractivity contribution in [2.45, 2.75) is 20.8 Å². The SMILES string of the molecule is CCOCCN(CCOCC)c1cc(NC(C)=O)c(N=Nc2cc(F)c([N+](=O)[O-])cc2[N+](=O)[O-])cc1OC. The molecule has 38 heavy (non-hydrogen) atoms. The highest BCUT2D eigenvalue weighted by atomic mass is 19.1. The minimum Gasteiger partial charge on any atom is -0.494 e. The summed E-state index contributed by atoms with van der Waals surface area (Å²) in [6, 6.07) is 4.06. The Hall–Kier alpha value is -4.24. The lowest BCUT2D eigenvalue weighted by Crippen LogP contribution is -2.31. The van der Waals surface area contributed by atoms with E-state index in [1.165, 1.54) is 20.1 Å². The molecule has 0 aliphatic rings. The van der Waals surface area contributed by atoms with Crippen LogP contribution in [-0.4, -0.2) is 62.4 Å². The molecule has 2 aromatic carbocycles. The largest absolute Gasteiger partial charge is 0.494 e. The number of hydrogen-bond donors (Lipinski definition) is 1. The molecule has 0 bridgehead atoms. The van der Waals surface area contributed by atoms with Crippen LogP contribution in [-0.2, 0) is 14.3 Å². The van der Waals surface area contributed by atoms with Gasteiger partial charge in [-0.2, -0.15) is 4.39 Å². The molecular formula is C23H29FN6O8. The molecule has 0 saturated heterocycles. The molecular weight excluding hydrogens is 507 g/mol. The van der Waals surface area contributed by atoms with Gasteiger partial charge >= 0.3 is 11.4 Å². The molecule has 14 nitrogen and oxygen atoms in total. The maximum Gasteiger partial charge on any atom is 0.311 e. The first-order valence-electron chi connectivity index (χ1n) is 11.6. The molecule has 0 aliphatic carbocycles. The molecule has 2 rings (SSSR count). The number of ether oxygens (including phenoxy) is 3. The van der Waals surface area contributed by atoms with Crippen LogP contribution in [0.4, 0.5) is 38.5 Å². The minimum absolute atomic E-state index is 0.0448. The highest BCUT2D eigenvalue weighted by Crippen LogP contribution is 2.41. The van der Waals surface area contributed by atoms with Crippen LogP contribution in [0.25, 0.3) is 0 Å². The van der Waals surface area contributed by atoms with Gasteiger partial charge in [-0.15, -0.1) is 10.2 Å². The average Bonchev–Trinajstić information content (AvgIpc) is 2.86. The summed E-state index contributed by atoms with van der Waals surface area (Å²) in [6.07, 6.45) is 0. The smallest absolute Gasteiger partial charge is 0.311 e. The van der Waals surface area contributed by atoms with Crippen LogP contribution in [0.3, 0.4) is 0 Å². The van der Waals surface area contributed by atoms with Gasteiger partial charge in [-0.25, -0.2) is 0 Å². The molecule has 0 aliphatic heterocycles. The van der Waals surface area contributed by atoms with Crippen molar-refractivity contribution in [3.8, 4) is 5.75 Å². The Balaban J connectivity index is 2.59. The monoisotopic (exact) mass is 536 g/mol. The number of carbonyl (C=O) groups is 1. The second kappa shape index (κ2) is 14.5. The van der Waals surface area contributed by atoms with Crippen molar-refractivity contribution >= 4 is 40.0 Å². The maximum atomic E-state index is 14.2. The summed E-state index contributed by atoms with van der Waals surface area (Å²) in [6.45, 7) is 7.88. The van der Waals surface area contributed by atoms with E-state index in [0.29, 0.717) is 63.1 Å². The van der Waals surface area contributed by atoms with E-state index in [0.717, 1.165) is 0 Å². The molecule has 15 heteroatoms. The number of rotatable bonds is 15. The number of nitrogens with zero attached hydrogens (tertiary/aromatic N) is 5. The highest BCUT2D eigenvalue weighted by Gasteiger charge is 2.25. The van der Waals surface area contributed by atoms with Gasteiger partial charge in [-0.3, -0.25) is 25.0 Å². The summed E-state index contributed by atoms with van der Waals surface area (Å²) in [4.78, 5) is 34.2. The molecule has 0 spiro atoms. The van der Waals surface area contributed by atoms with Crippen LogP contribution >= 0.6 is 0 Å². The van der Waals surface area contributed by atoms with E-state index in [1.54, 1.807) is 6.07 Å². The molecule has 206 valence electrons. The zero-order valence-corrected chi connectivity index (χ0v) is 21.4. The molecule has 1 N–H and O–H groups in total. The second-order valence-electron chi connectivity index (χ2n) is 7.61. The van der Waals surface area contributed by atoms with Crippen molar-refractivity contribution in [2.24, 2.45) is 10.2 Å². The van der Waals surface area contributed by atoms with Crippen molar-refractivity contribution in [3.05, 3.63) is 50.3 Å². The lowest BCUT2D eigenvalue weighted by atomic mass is 10.2. The lowest BCUT2D eigenvalue weighted by Gasteiger charge is -2.27. The number of hydrogen-bond acceptors (Lipinski definition) is 11. The van der Waals surface area contributed by atoms with E-state index in [1.807, 2.05) is 18.7 Å². The van der Waals surface area contributed by atoms with Gasteiger partial charge in [0.25, 0.3) is 0 Å². The molecule has 0 fully saturated rings. The van der Waals surface area contributed by atoms with Crippen molar-refractivity contribution in [1.82, 2.24) is 0 Å². The van der Waals surface area contributed by atoms with Crippen molar-refractivity contribution < 1.29 is 33.2 Å². The van der Waals surface area contributed by atoms with Gasteiger partial charge in [-0.05, 0) is 19.9 Å². The standard InChI is InChI=1S/C23H29FN6O8/c1-5-37-9-7-28(8-10-38-6-2)22-12-17(25-15(3)31)18(13-23(22)36-4)26-27-19-11-16(24)20(29(32)33)14-21(19)30(34)35/h11-14H,5-10H2,1-4H3,(H,25,31). The number of azo groups is 1. The lowest BCUT2D eigenvalue weighted by molar-refractivity contribution is -0.395. The van der Waals surface area contributed by atoms with E-state index in [9.17, 15) is 29.4 Å². The zero-order valence-electron chi connectivity index (χ0n) is 21.4. The highest BCUT2D eigenvalue weighted by molar-refractivity contribution is 5.93. The average molecular weight is 537 g/mol. The molecule has 2 aromatic rings.